The van der Waals surface area contributed by atoms with Crippen LogP contribution < -0.4 is 5.32 Å². The van der Waals surface area contributed by atoms with Gasteiger partial charge >= 0.3 is 0 Å². The molecule has 0 saturated heterocycles. The van der Waals surface area contributed by atoms with E-state index in [1.807, 2.05) is 13.1 Å². The summed E-state index contributed by atoms with van der Waals surface area (Å²) in [6, 6.07) is 9.20. The second-order valence-electron chi connectivity index (χ2n) is 4.22. The van der Waals surface area contributed by atoms with Gasteiger partial charge in [0.05, 0.1) is 0 Å². The number of hydrogen-bond donors (Lipinski definition) is 1. The van der Waals surface area contributed by atoms with Crippen LogP contribution in [0.25, 0.3) is 0 Å². The topological polar surface area (TPSA) is 12.0 Å². The number of benzene rings is 1. The van der Waals surface area contributed by atoms with Gasteiger partial charge in [-0.05, 0) is 65.0 Å². The molecule has 0 saturated carbocycles. The quantitative estimate of drug-likeness (QED) is 0.874. The first-order valence-electron chi connectivity index (χ1n) is 5.82. The maximum absolute atomic E-state index is 13.1. The van der Waals surface area contributed by atoms with Gasteiger partial charge in [0.2, 0.25) is 0 Å². The molecule has 1 heterocycles. The molecule has 2 rings (SSSR count). The first kappa shape index (κ1) is 13.7. The minimum atomic E-state index is -0.167. The van der Waals surface area contributed by atoms with Gasteiger partial charge in [0, 0.05) is 15.4 Å². The smallest absolute Gasteiger partial charge is 0.123 e. The summed E-state index contributed by atoms with van der Waals surface area (Å²) in [5, 5.41) is 5.38. The number of likely N-dealkylation sites (N-methyl/N-ethyl adjacent to an activating group) is 1. The fourth-order valence-electron chi connectivity index (χ4n) is 1.92. The van der Waals surface area contributed by atoms with Crippen LogP contribution in [0.3, 0.4) is 0 Å². The van der Waals surface area contributed by atoms with Gasteiger partial charge in [-0.15, -0.1) is 11.3 Å². The highest BCUT2D eigenvalue weighted by molar-refractivity contribution is 9.10. The molecular weight excluding hydrogens is 313 g/mol. The van der Waals surface area contributed by atoms with Crippen LogP contribution in [0.15, 0.2) is 40.2 Å². The second-order valence-corrected chi connectivity index (χ2v) is 6.07. The predicted molar refractivity (Wildman–Crippen MR) is 78.7 cm³/mol. The Morgan fingerprint density at radius 2 is 2.17 bits per heavy atom. The molecule has 4 heteroatoms. The summed E-state index contributed by atoms with van der Waals surface area (Å²) in [5.41, 5.74) is 1.03. The fraction of sp³-hybridized carbons (Fsp3) is 0.286. The molecular formula is C14H15BrFNS. The van der Waals surface area contributed by atoms with E-state index in [1.54, 1.807) is 23.5 Å². The summed E-state index contributed by atoms with van der Waals surface area (Å²) in [6.07, 6.45) is 1.78. The highest BCUT2D eigenvalue weighted by atomic mass is 79.9. The Balaban J connectivity index is 2.04. The van der Waals surface area contributed by atoms with Gasteiger partial charge < -0.3 is 5.32 Å². The van der Waals surface area contributed by atoms with Crippen LogP contribution in [0.1, 0.15) is 10.4 Å². The Morgan fingerprint density at radius 3 is 2.78 bits per heavy atom. The third-order valence-electron chi connectivity index (χ3n) is 2.90. The van der Waals surface area contributed by atoms with E-state index >= 15 is 0 Å². The lowest BCUT2D eigenvalue weighted by Gasteiger charge is -2.15. The molecule has 1 nitrogen and oxygen atoms in total. The Morgan fingerprint density at radius 1 is 1.33 bits per heavy atom. The maximum Gasteiger partial charge on any atom is 0.123 e. The second kappa shape index (κ2) is 6.45. The monoisotopic (exact) mass is 327 g/mol. The third kappa shape index (κ3) is 3.64. The van der Waals surface area contributed by atoms with Crippen LogP contribution in [-0.4, -0.2) is 13.1 Å². The number of hydrogen-bond acceptors (Lipinski definition) is 2. The number of halogens is 2. The Labute approximate surface area is 119 Å². The normalized spacial score (nSPS) is 12.6. The highest BCUT2D eigenvalue weighted by Crippen LogP contribution is 2.24. The van der Waals surface area contributed by atoms with E-state index in [2.05, 4.69) is 32.7 Å². The molecule has 0 amide bonds. The third-order valence-corrected chi connectivity index (χ3v) is 4.85. The van der Waals surface area contributed by atoms with Crippen molar-refractivity contribution in [3.05, 3.63) is 56.4 Å². The SMILES string of the molecule is CNC(Cc1cccc(F)c1)Cc1sccc1Br. The number of nitrogens with one attached hydrogen (secondary N) is 1. The van der Waals surface area contributed by atoms with Gasteiger partial charge in [0.15, 0.2) is 0 Å². The molecule has 1 N–H and O–H groups in total. The molecule has 0 aliphatic heterocycles. The molecule has 0 bridgehead atoms. The van der Waals surface area contributed by atoms with Gasteiger partial charge in [0.1, 0.15) is 5.82 Å². The Hall–Kier alpha value is -0.710. The van der Waals surface area contributed by atoms with Gasteiger partial charge in [-0.25, -0.2) is 4.39 Å². The summed E-state index contributed by atoms with van der Waals surface area (Å²) < 4.78 is 14.3. The molecule has 0 fully saturated rings. The molecule has 1 aromatic heterocycles. The summed E-state index contributed by atoms with van der Waals surface area (Å²) in [6.45, 7) is 0. The lowest BCUT2D eigenvalue weighted by atomic mass is 10.0. The van der Waals surface area contributed by atoms with Crippen molar-refractivity contribution in [1.29, 1.82) is 0 Å². The summed E-state index contributed by atoms with van der Waals surface area (Å²) >= 11 is 5.29. The van der Waals surface area contributed by atoms with Crippen LogP contribution in [0.5, 0.6) is 0 Å². The average Bonchev–Trinajstić information content (AvgIpc) is 2.74. The maximum atomic E-state index is 13.1. The largest absolute Gasteiger partial charge is 0.316 e. The summed E-state index contributed by atoms with van der Waals surface area (Å²) in [5.74, 6) is -0.167. The highest BCUT2D eigenvalue weighted by Gasteiger charge is 2.11. The molecule has 1 unspecified atom stereocenters. The lowest BCUT2D eigenvalue weighted by molar-refractivity contribution is 0.555. The van der Waals surface area contributed by atoms with E-state index in [0.717, 1.165) is 22.9 Å². The lowest BCUT2D eigenvalue weighted by Crippen LogP contribution is -2.29. The number of rotatable bonds is 5. The molecule has 0 aliphatic rings. The van der Waals surface area contributed by atoms with Gasteiger partial charge in [0.25, 0.3) is 0 Å². The van der Waals surface area contributed by atoms with Crippen molar-refractivity contribution in [2.75, 3.05) is 7.05 Å². The van der Waals surface area contributed by atoms with E-state index in [9.17, 15) is 4.39 Å². The van der Waals surface area contributed by atoms with E-state index < -0.39 is 0 Å². The zero-order valence-corrected chi connectivity index (χ0v) is 12.5. The molecule has 96 valence electrons. The van der Waals surface area contributed by atoms with Crippen molar-refractivity contribution in [3.8, 4) is 0 Å². The van der Waals surface area contributed by atoms with Gasteiger partial charge in [-0.1, -0.05) is 12.1 Å². The first-order chi connectivity index (χ1) is 8.69. The van der Waals surface area contributed by atoms with Crippen molar-refractivity contribution >= 4 is 27.3 Å². The minimum absolute atomic E-state index is 0.167. The van der Waals surface area contributed by atoms with Crippen molar-refractivity contribution in [1.82, 2.24) is 5.32 Å². The summed E-state index contributed by atoms with van der Waals surface area (Å²) in [4.78, 5) is 1.32. The van der Waals surface area contributed by atoms with E-state index in [0.29, 0.717) is 6.04 Å². The molecule has 1 atom stereocenters. The van der Waals surface area contributed by atoms with Crippen LogP contribution >= 0.6 is 27.3 Å². The predicted octanol–water partition coefficient (Wildman–Crippen LogP) is 4.02. The van der Waals surface area contributed by atoms with Crippen LogP contribution in [0, 0.1) is 5.82 Å². The number of thiophene rings is 1. The zero-order chi connectivity index (χ0) is 13.0. The van der Waals surface area contributed by atoms with Crippen molar-refractivity contribution in [2.45, 2.75) is 18.9 Å². The van der Waals surface area contributed by atoms with Crippen molar-refractivity contribution in [2.24, 2.45) is 0 Å². The molecule has 18 heavy (non-hydrogen) atoms. The average molecular weight is 328 g/mol. The van der Waals surface area contributed by atoms with Crippen LogP contribution in [-0.2, 0) is 12.8 Å². The minimum Gasteiger partial charge on any atom is -0.316 e. The molecule has 0 radical (unpaired) electrons. The Bertz CT molecular complexity index is 512. The van der Waals surface area contributed by atoms with Crippen LogP contribution in [0.4, 0.5) is 4.39 Å². The van der Waals surface area contributed by atoms with Gasteiger partial charge in [-0.3, -0.25) is 0 Å². The standard InChI is InChI=1S/C14H15BrFNS/c1-17-12(9-14-13(15)5-6-18-14)8-10-3-2-4-11(16)7-10/h2-7,12,17H,8-9H2,1H3. The van der Waals surface area contributed by atoms with E-state index in [-0.39, 0.29) is 5.82 Å². The first-order valence-corrected chi connectivity index (χ1v) is 7.50. The van der Waals surface area contributed by atoms with Crippen LogP contribution in [0.2, 0.25) is 0 Å². The molecule has 2 aromatic rings. The fourth-order valence-corrected chi connectivity index (χ4v) is 3.52. The van der Waals surface area contributed by atoms with E-state index in [1.165, 1.54) is 10.9 Å². The zero-order valence-electron chi connectivity index (χ0n) is 10.1. The van der Waals surface area contributed by atoms with Gasteiger partial charge in [-0.2, -0.15) is 0 Å². The molecule has 0 aliphatic carbocycles. The van der Waals surface area contributed by atoms with E-state index in [4.69, 9.17) is 0 Å². The summed E-state index contributed by atoms with van der Waals surface area (Å²) in [7, 11) is 1.95. The van der Waals surface area contributed by atoms with Crippen molar-refractivity contribution in [3.63, 3.8) is 0 Å². The molecule has 1 aromatic carbocycles. The molecule has 0 spiro atoms. The van der Waals surface area contributed by atoms with Crippen molar-refractivity contribution < 1.29 is 4.39 Å². The Kier molecular flexibility index (Phi) is 4.92.